The first-order valence-electron chi connectivity index (χ1n) is 9.91. The molecular formula is C21H30N2O2S. The monoisotopic (exact) mass is 374 g/mol. The largest absolute Gasteiger partial charge is 0.352 e. The maximum Gasteiger partial charge on any atom is 0.255 e. The van der Waals surface area contributed by atoms with Gasteiger partial charge in [-0.3, -0.25) is 9.59 Å². The number of carbonyl (C=O) groups is 2. The lowest BCUT2D eigenvalue weighted by molar-refractivity contribution is -0.125. The van der Waals surface area contributed by atoms with E-state index < -0.39 is 0 Å². The first-order valence-corrected chi connectivity index (χ1v) is 11.0. The Morgan fingerprint density at radius 2 is 1.88 bits per heavy atom. The van der Waals surface area contributed by atoms with Crippen LogP contribution in [0.2, 0.25) is 0 Å². The van der Waals surface area contributed by atoms with Crippen molar-refractivity contribution in [2.75, 3.05) is 5.75 Å². The average Bonchev–Trinajstić information content (AvgIpc) is 3.13. The van der Waals surface area contributed by atoms with Crippen LogP contribution in [-0.4, -0.2) is 39.9 Å². The molecular weight excluding hydrogens is 344 g/mol. The van der Waals surface area contributed by atoms with Crippen LogP contribution in [0.3, 0.4) is 0 Å². The van der Waals surface area contributed by atoms with E-state index in [1.54, 1.807) is 11.8 Å². The zero-order valence-electron chi connectivity index (χ0n) is 15.8. The van der Waals surface area contributed by atoms with Gasteiger partial charge in [-0.1, -0.05) is 44.4 Å². The highest BCUT2D eigenvalue weighted by molar-refractivity contribution is 8.00. The number of rotatable bonds is 5. The van der Waals surface area contributed by atoms with Crippen LogP contribution < -0.4 is 5.32 Å². The smallest absolute Gasteiger partial charge is 0.255 e. The van der Waals surface area contributed by atoms with Crippen LogP contribution in [-0.2, 0) is 4.79 Å². The number of nitrogens with zero attached hydrogens (tertiary/aromatic N) is 1. The first-order chi connectivity index (χ1) is 12.6. The molecule has 1 N–H and O–H groups in total. The molecule has 2 amide bonds. The van der Waals surface area contributed by atoms with Crippen LogP contribution >= 0.6 is 11.8 Å². The van der Waals surface area contributed by atoms with Crippen molar-refractivity contribution in [1.82, 2.24) is 10.2 Å². The topological polar surface area (TPSA) is 49.4 Å². The summed E-state index contributed by atoms with van der Waals surface area (Å²) in [5.41, 5.74) is 0.678. The summed E-state index contributed by atoms with van der Waals surface area (Å²) in [6.07, 6.45) is 6.98. The molecule has 26 heavy (non-hydrogen) atoms. The molecule has 1 heterocycles. The Kier molecular flexibility index (Phi) is 6.63. The van der Waals surface area contributed by atoms with E-state index >= 15 is 0 Å². The second-order valence-corrected chi connectivity index (χ2v) is 8.68. The highest BCUT2D eigenvalue weighted by atomic mass is 32.2. The standard InChI is InChI=1S/C21H30N2O2S/c1-3-15(2)22-19(24)18-14-26-21(17-12-8-5-9-13-17)23(18)20(25)16-10-6-4-7-11-16/h4,6-7,10-11,15,17-18,21H,3,5,8-9,12-14H2,1-2H3,(H,22,24)/t15-,18+,21-/m1/s1. The molecule has 0 aromatic heterocycles. The molecule has 0 unspecified atom stereocenters. The molecule has 1 saturated carbocycles. The normalized spacial score (nSPS) is 25.1. The number of hydrogen-bond donors (Lipinski definition) is 1. The lowest BCUT2D eigenvalue weighted by Crippen LogP contribution is -2.52. The van der Waals surface area contributed by atoms with Gasteiger partial charge in [0.2, 0.25) is 5.91 Å². The summed E-state index contributed by atoms with van der Waals surface area (Å²) in [6.45, 7) is 4.08. The van der Waals surface area contributed by atoms with Gasteiger partial charge in [-0.05, 0) is 44.2 Å². The molecule has 0 spiro atoms. The van der Waals surface area contributed by atoms with E-state index in [0.717, 1.165) is 19.3 Å². The van der Waals surface area contributed by atoms with Crippen molar-refractivity contribution in [3.05, 3.63) is 35.9 Å². The average molecular weight is 375 g/mol. The molecule has 2 aliphatic rings. The zero-order valence-corrected chi connectivity index (χ0v) is 16.6. The molecule has 0 bridgehead atoms. The second kappa shape index (κ2) is 8.94. The Labute approximate surface area is 161 Å². The summed E-state index contributed by atoms with van der Waals surface area (Å²) in [7, 11) is 0. The van der Waals surface area contributed by atoms with Gasteiger partial charge in [0.15, 0.2) is 0 Å². The third-order valence-electron chi connectivity index (χ3n) is 5.65. The summed E-state index contributed by atoms with van der Waals surface area (Å²) in [6, 6.07) is 9.17. The Morgan fingerprint density at radius 1 is 1.19 bits per heavy atom. The van der Waals surface area contributed by atoms with Crippen molar-refractivity contribution in [2.45, 2.75) is 69.8 Å². The first kappa shape index (κ1) is 19.3. The second-order valence-electron chi connectivity index (χ2n) is 7.53. The number of amides is 2. The van der Waals surface area contributed by atoms with Crippen molar-refractivity contribution >= 4 is 23.6 Å². The quantitative estimate of drug-likeness (QED) is 0.845. The minimum atomic E-state index is -0.367. The number of carbonyl (C=O) groups excluding carboxylic acids is 2. The van der Waals surface area contributed by atoms with Crippen LogP contribution in [0.5, 0.6) is 0 Å². The van der Waals surface area contributed by atoms with Crippen molar-refractivity contribution < 1.29 is 9.59 Å². The van der Waals surface area contributed by atoms with Crippen LogP contribution in [0.25, 0.3) is 0 Å². The Hall–Kier alpha value is -1.49. The highest BCUT2D eigenvalue weighted by Gasteiger charge is 2.45. The van der Waals surface area contributed by atoms with Crippen LogP contribution in [0.15, 0.2) is 30.3 Å². The molecule has 3 rings (SSSR count). The lowest BCUT2D eigenvalue weighted by Gasteiger charge is -2.35. The summed E-state index contributed by atoms with van der Waals surface area (Å²) < 4.78 is 0. The van der Waals surface area contributed by atoms with Gasteiger partial charge in [-0.15, -0.1) is 11.8 Å². The molecule has 2 fully saturated rings. The molecule has 4 nitrogen and oxygen atoms in total. The van der Waals surface area contributed by atoms with Gasteiger partial charge >= 0.3 is 0 Å². The SMILES string of the molecule is CC[C@@H](C)NC(=O)[C@@H]1CS[C@H](C2CCCCC2)N1C(=O)c1ccccc1. The molecule has 1 aliphatic heterocycles. The molecule has 142 valence electrons. The zero-order chi connectivity index (χ0) is 18.5. The fraction of sp³-hybridized carbons (Fsp3) is 0.619. The van der Waals surface area contributed by atoms with E-state index in [0.29, 0.717) is 17.2 Å². The Balaban J connectivity index is 1.84. The fourth-order valence-corrected chi connectivity index (χ4v) is 5.58. The van der Waals surface area contributed by atoms with E-state index in [9.17, 15) is 9.59 Å². The molecule has 5 heteroatoms. The van der Waals surface area contributed by atoms with E-state index in [1.165, 1.54) is 19.3 Å². The summed E-state index contributed by atoms with van der Waals surface area (Å²) >= 11 is 1.80. The van der Waals surface area contributed by atoms with Crippen LogP contribution in [0.1, 0.15) is 62.7 Å². The van der Waals surface area contributed by atoms with Crippen molar-refractivity contribution in [3.63, 3.8) is 0 Å². The van der Waals surface area contributed by atoms with Gasteiger partial charge < -0.3 is 10.2 Å². The van der Waals surface area contributed by atoms with E-state index in [2.05, 4.69) is 12.2 Å². The minimum absolute atomic E-state index is 0.00419. The number of benzene rings is 1. The lowest BCUT2D eigenvalue weighted by atomic mass is 9.88. The molecule has 1 saturated heterocycles. The maximum absolute atomic E-state index is 13.3. The number of hydrogen-bond acceptors (Lipinski definition) is 3. The van der Waals surface area contributed by atoms with E-state index in [1.807, 2.05) is 42.2 Å². The maximum atomic E-state index is 13.3. The highest BCUT2D eigenvalue weighted by Crippen LogP contribution is 2.41. The van der Waals surface area contributed by atoms with Crippen molar-refractivity contribution in [2.24, 2.45) is 5.92 Å². The predicted molar refractivity (Wildman–Crippen MR) is 107 cm³/mol. The molecule has 1 aromatic rings. The number of nitrogens with one attached hydrogen (secondary N) is 1. The van der Waals surface area contributed by atoms with Gasteiger partial charge in [0.05, 0.1) is 5.37 Å². The van der Waals surface area contributed by atoms with Gasteiger partial charge in [0.1, 0.15) is 6.04 Å². The molecule has 1 aromatic carbocycles. The molecule has 3 atom stereocenters. The minimum Gasteiger partial charge on any atom is -0.352 e. The van der Waals surface area contributed by atoms with Gasteiger partial charge in [-0.25, -0.2) is 0 Å². The van der Waals surface area contributed by atoms with Gasteiger partial charge in [0.25, 0.3) is 5.91 Å². The fourth-order valence-electron chi connectivity index (χ4n) is 3.94. The summed E-state index contributed by atoms with van der Waals surface area (Å²) in [5, 5.41) is 3.21. The van der Waals surface area contributed by atoms with Crippen LogP contribution in [0.4, 0.5) is 0 Å². The molecule has 1 aliphatic carbocycles. The third-order valence-corrected chi connectivity index (χ3v) is 7.11. The Morgan fingerprint density at radius 3 is 2.54 bits per heavy atom. The number of thioether (sulfide) groups is 1. The summed E-state index contributed by atoms with van der Waals surface area (Å²) in [5.74, 6) is 1.19. The predicted octanol–water partition coefficient (Wildman–Crippen LogP) is 4.07. The summed E-state index contributed by atoms with van der Waals surface area (Å²) in [4.78, 5) is 28.1. The van der Waals surface area contributed by atoms with Crippen LogP contribution in [0, 0.1) is 5.92 Å². The van der Waals surface area contributed by atoms with Crippen molar-refractivity contribution in [1.29, 1.82) is 0 Å². The molecule has 0 radical (unpaired) electrons. The van der Waals surface area contributed by atoms with E-state index in [-0.39, 0.29) is 29.3 Å². The van der Waals surface area contributed by atoms with Gasteiger partial charge in [0, 0.05) is 17.4 Å². The van der Waals surface area contributed by atoms with Crippen molar-refractivity contribution in [3.8, 4) is 0 Å². The van der Waals surface area contributed by atoms with E-state index in [4.69, 9.17) is 0 Å². The Bertz CT molecular complexity index is 616. The van der Waals surface area contributed by atoms with Gasteiger partial charge in [-0.2, -0.15) is 0 Å². The third kappa shape index (κ3) is 4.25.